The van der Waals surface area contributed by atoms with E-state index >= 15 is 0 Å². The maximum atomic E-state index is 13.1. The Hall–Kier alpha value is -1.33. The Morgan fingerprint density at radius 1 is 1.11 bits per heavy atom. The zero-order valence-electron chi connectivity index (χ0n) is 23.9. The zero-order valence-corrected chi connectivity index (χ0v) is 24.7. The summed E-state index contributed by atoms with van der Waals surface area (Å²) in [6.07, 6.45) is 1.94. The van der Waals surface area contributed by atoms with Gasteiger partial charge in [-0.25, -0.2) is 9.36 Å². The Morgan fingerprint density at radius 2 is 1.72 bits per heavy atom. The van der Waals surface area contributed by atoms with E-state index in [9.17, 15) is 19.0 Å². The lowest BCUT2D eigenvalue weighted by atomic mass is 10.2. The fourth-order valence-corrected chi connectivity index (χ4v) is 4.36. The number of ether oxygens (including phenoxy) is 2. The van der Waals surface area contributed by atoms with Crippen molar-refractivity contribution in [2.24, 2.45) is 0 Å². The summed E-state index contributed by atoms with van der Waals surface area (Å²) >= 11 is 0. The minimum Gasteiger partial charge on any atom is -0.382 e. The van der Waals surface area contributed by atoms with Crippen LogP contribution in [0.4, 0.5) is 0 Å². The van der Waals surface area contributed by atoms with Crippen molar-refractivity contribution in [3.05, 3.63) is 32.6 Å². The van der Waals surface area contributed by atoms with Crippen molar-refractivity contribution in [1.82, 2.24) is 9.13 Å². The van der Waals surface area contributed by atoms with E-state index in [0.29, 0.717) is 18.5 Å². The van der Waals surface area contributed by atoms with E-state index in [-0.39, 0.29) is 18.6 Å². The molecule has 2 rings (SSSR count). The molecular weight excluding hydrogens is 489 g/mol. The number of aromatic nitrogens is 2. The van der Waals surface area contributed by atoms with Gasteiger partial charge in [0.05, 0.1) is 34.3 Å². The molecule has 11 nitrogen and oxygen atoms in total. The molecule has 2 heterocycles. The third-order valence-corrected chi connectivity index (χ3v) is 6.40. The maximum absolute atomic E-state index is 13.1. The molecule has 0 amide bonds. The van der Waals surface area contributed by atoms with Gasteiger partial charge in [-0.05, 0) is 26.2 Å². The summed E-state index contributed by atoms with van der Waals surface area (Å²) in [7, 11) is 4.67. The van der Waals surface area contributed by atoms with Crippen LogP contribution in [0.1, 0.15) is 65.2 Å². The molecule has 36 heavy (non-hydrogen) atoms. The van der Waals surface area contributed by atoms with Crippen molar-refractivity contribution in [1.29, 1.82) is 0 Å². The maximum Gasteiger partial charge on any atom is 0.472 e. The van der Waals surface area contributed by atoms with Gasteiger partial charge >= 0.3 is 13.5 Å². The fraction of sp³-hybridized carbons (Fsp3) is 0.833. The van der Waals surface area contributed by atoms with E-state index in [2.05, 4.69) is 25.7 Å². The van der Waals surface area contributed by atoms with Crippen LogP contribution in [-0.4, -0.2) is 79.2 Å². The smallest absolute Gasteiger partial charge is 0.382 e. The highest BCUT2D eigenvalue weighted by Gasteiger charge is 2.41. The molecule has 1 aliphatic heterocycles. The van der Waals surface area contributed by atoms with Crippen molar-refractivity contribution in [2.45, 2.75) is 85.3 Å². The van der Waals surface area contributed by atoms with Crippen LogP contribution < -0.4 is 11.2 Å². The first kappa shape index (κ1) is 34.7. The molecule has 0 aromatic carbocycles. The van der Waals surface area contributed by atoms with E-state index in [1.165, 1.54) is 22.4 Å². The summed E-state index contributed by atoms with van der Waals surface area (Å²) in [6, 6.07) is 0. The van der Waals surface area contributed by atoms with Gasteiger partial charge in [0.2, 0.25) is 0 Å². The first-order valence-electron chi connectivity index (χ1n) is 12.7. The van der Waals surface area contributed by atoms with Crippen molar-refractivity contribution < 1.29 is 32.5 Å². The van der Waals surface area contributed by atoms with Crippen molar-refractivity contribution >= 4 is 7.82 Å². The largest absolute Gasteiger partial charge is 0.472 e. The summed E-state index contributed by atoms with van der Waals surface area (Å²) < 4.78 is 36.1. The summed E-state index contributed by atoms with van der Waals surface area (Å²) in [5.74, 6) is 0. The summed E-state index contributed by atoms with van der Waals surface area (Å²) in [6.45, 7) is 11.1. The van der Waals surface area contributed by atoms with Crippen molar-refractivity contribution in [2.75, 3.05) is 48.5 Å². The molecule has 1 fully saturated rings. The predicted octanol–water partition coefficient (Wildman–Crippen LogP) is 3.31. The van der Waals surface area contributed by atoms with Crippen LogP contribution in [0.15, 0.2) is 15.8 Å². The number of phosphoric acid groups is 1. The molecule has 4 atom stereocenters. The normalized spacial score (nSPS) is 21.1. The van der Waals surface area contributed by atoms with Crippen LogP contribution in [0.3, 0.4) is 0 Å². The fourth-order valence-electron chi connectivity index (χ4n) is 3.71. The standard InChI is InChI=1S/C20H36N3O8P.2C2H6/c1-15-13-22(18-12-16(17(30-18)14-28-5)31-32(26,27)29-6)20(25)21(19(15)24)10-8-7-9-11-23(2,3)4;2*1-2/h13,16-18H,7-12,14H2,1-6H3;2*1-2H3/p+1. The first-order chi connectivity index (χ1) is 16.9. The number of phosphoric ester groups is 1. The van der Waals surface area contributed by atoms with Gasteiger partial charge in [-0.3, -0.25) is 23.0 Å². The Morgan fingerprint density at radius 3 is 2.25 bits per heavy atom. The Kier molecular flexibility index (Phi) is 15.9. The molecule has 0 radical (unpaired) electrons. The number of hydrogen-bond donors (Lipinski definition) is 1. The third-order valence-electron chi connectivity index (χ3n) is 5.40. The van der Waals surface area contributed by atoms with Crippen LogP contribution in [-0.2, 0) is 29.6 Å². The minimum atomic E-state index is -4.25. The van der Waals surface area contributed by atoms with Crippen molar-refractivity contribution in [3.63, 3.8) is 0 Å². The van der Waals surface area contributed by atoms with Crippen molar-refractivity contribution in [3.8, 4) is 0 Å². The first-order valence-corrected chi connectivity index (χ1v) is 14.2. The molecule has 0 spiro atoms. The molecule has 0 bridgehead atoms. The molecular formula is C24H49N3O8P+. The average molecular weight is 539 g/mol. The number of aryl methyl sites for hydroxylation is 1. The van der Waals surface area contributed by atoms with Crippen LogP contribution in [0.5, 0.6) is 0 Å². The second kappa shape index (κ2) is 16.5. The Labute approximate surface area is 216 Å². The van der Waals surface area contributed by atoms with E-state index in [4.69, 9.17) is 14.0 Å². The van der Waals surface area contributed by atoms with Gasteiger partial charge in [0.1, 0.15) is 18.4 Å². The Bertz CT molecular complexity index is 925. The molecule has 12 heteroatoms. The van der Waals surface area contributed by atoms with E-state index in [1.807, 2.05) is 27.7 Å². The summed E-state index contributed by atoms with van der Waals surface area (Å²) in [4.78, 5) is 35.4. The molecule has 1 N–H and O–H groups in total. The summed E-state index contributed by atoms with van der Waals surface area (Å²) in [5, 5.41) is 0. The van der Waals surface area contributed by atoms with Gasteiger partial charge in [0, 0.05) is 38.9 Å². The van der Waals surface area contributed by atoms with Gasteiger partial charge in [-0.2, -0.15) is 0 Å². The van der Waals surface area contributed by atoms with Crippen LogP contribution >= 0.6 is 7.82 Å². The second-order valence-electron chi connectivity index (χ2n) is 9.15. The quantitative estimate of drug-likeness (QED) is 0.245. The number of quaternary nitrogens is 1. The lowest BCUT2D eigenvalue weighted by Gasteiger charge is -2.23. The number of rotatable bonds is 12. The lowest BCUT2D eigenvalue weighted by molar-refractivity contribution is -0.870. The van der Waals surface area contributed by atoms with Gasteiger partial charge < -0.3 is 18.9 Å². The average Bonchev–Trinajstić information content (AvgIpc) is 3.21. The van der Waals surface area contributed by atoms with E-state index < -0.39 is 31.9 Å². The van der Waals surface area contributed by atoms with Gasteiger partial charge in [0.15, 0.2) is 0 Å². The highest BCUT2D eigenvalue weighted by atomic mass is 31.2. The summed E-state index contributed by atoms with van der Waals surface area (Å²) in [5.41, 5.74) is -0.388. The number of methoxy groups -OCH3 is 1. The second-order valence-corrected chi connectivity index (χ2v) is 10.7. The molecule has 0 saturated carbocycles. The van der Waals surface area contributed by atoms with Gasteiger partial charge in [0.25, 0.3) is 5.56 Å². The highest BCUT2D eigenvalue weighted by molar-refractivity contribution is 7.47. The number of hydrogen-bond acceptors (Lipinski definition) is 7. The lowest BCUT2D eigenvalue weighted by Crippen LogP contribution is -2.42. The monoisotopic (exact) mass is 538 g/mol. The Balaban J connectivity index is 0.00000291. The van der Waals surface area contributed by atoms with Crippen LogP contribution in [0.2, 0.25) is 0 Å². The molecule has 1 aromatic rings. The van der Waals surface area contributed by atoms with E-state index in [1.54, 1.807) is 6.92 Å². The zero-order chi connectivity index (χ0) is 28.1. The molecule has 212 valence electrons. The number of unbranched alkanes of at least 4 members (excludes halogenated alkanes) is 2. The molecule has 1 saturated heterocycles. The highest BCUT2D eigenvalue weighted by Crippen LogP contribution is 2.47. The van der Waals surface area contributed by atoms with Crippen LogP contribution in [0.25, 0.3) is 0 Å². The van der Waals surface area contributed by atoms with E-state index in [0.717, 1.165) is 31.0 Å². The molecule has 4 unspecified atom stereocenters. The van der Waals surface area contributed by atoms with Gasteiger partial charge in [-0.1, -0.05) is 27.7 Å². The molecule has 0 aliphatic carbocycles. The molecule has 1 aliphatic rings. The third kappa shape index (κ3) is 11.0. The number of nitrogens with zero attached hydrogens (tertiary/aromatic N) is 3. The molecule has 1 aromatic heterocycles. The minimum absolute atomic E-state index is 0.102. The van der Waals surface area contributed by atoms with Crippen LogP contribution in [0, 0.1) is 6.92 Å². The predicted molar refractivity (Wildman–Crippen MR) is 141 cm³/mol. The van der Waals surface area contributed by atoms with Gasteiger partial charge in [-0.15, -0.1) is 0 Å². The SMILES string of the molecule is CC.CC.COCC1OC(n2cc(C)c(=O)n(CCCCC[N+](C)(C)C)c2=O)CC1OP(=O)(O)OC. The topological polar surface area (TPSA) is 118 Å².